The molecule has 1 atom stereocenters. The highest BCUT2D eigenvalue weighted by atomic mass is 32.2. The molecule has 6 nitrogen and oxygen atoms in total. The van der Waals surface area contributed by atoms with Crippen LogP contribution in [0.1, 0.15) is 85.9 Å². The first kappa shape index (κ1) is 27.8. The van der Waals surface area contributed by atoms with Crippen molar-refractivity contribution in [1.29, 1.82) is 0 Å². The molecule has 0 spiro atoms. The van der Waals surface area contributed by atoms with Gasteiger partial charge in [-0.25, -0.2) is 13.2 Å². The minimum Gasteiger partial charge on any atom is -0.467 e. The van der Waals surface area contributed by atoms with Gasteiger partial charge >= 0.3 is 5.97 Å². The van der Waals surface area contributed by atoms with Crippen molar-refractivity contribution in [1.82, 2.24) is 4.31 Å². The van der Waals surface area contributed by atoms with Gasteiger partial charge in [0.25, 0.3) is 0 Å². The third-order valence-electron chi connectivity index (χ3n) is 7.84. The number of benzene rings is 2. The molecular weight excluding hydrogens is 486 g/mol. The third-order valence-corrected chi connectivity index (χ3v) is 10.2. The molecule has 0 amide bonds. The average Bonchev–Trinajstić information content (AvgIpc) is 3.40. The number of fused-ring (bicyclic) bond motifs is 1. The van der Waals surface area contributed by atoms with Crippen LogP contribution in [0.3, 0.4) is 0 Å². The lowest BCUT2D eigenvalue weighted by molar-refractivity contribution is -0.164. The molecule has 2 aromatic rings. The highest BCUT2D eigenvalue weighted by Gasteiger charge is 2.39. The minimum atomic E-state index is -3.35. The van der Waals surface area contributed by atoms with Gasteiger partial charge in [0.2, 0.25) is 10.0 Å². The number of esters is 1. The van der Waals surface area contributed by atoms with Crippen LogP contribution in [0.25, 0.3) is 11.1 Å². The highest BCUT2D eigenvalue weighted by molar-refractivity contribution is 7.89. The lowest BCUT2D eigenvalue weighted by Gasteiger charge is -2.36. The molecule has 37 heavy (non-hydrogen) atoms. The van der Waals surface area contributed by atoms with E-state index in [-0.39, 0.29) is 5.25 Å². The Morgan fingerprint density at radius 1 is 1.00 bits per heavy atom. The zero-order valence-electron chi connectivity index (χ0n) is 23.3. The summed E-state index contributed by atoms with van der Waals surface area (Å²) in [6.07, 6.45) is 3.18. The van der Waals surface area contributed by atoms with Gasteiger partial charge in [-0.1, -0.05) is 42.7 Å². The third kappa shape index (κ3) is 5.50. The molecule has 7 heteroatoms. The normalized spacial score (nSPS) is 18.0. The second-order valence-electron chi connectivity index (χ2n) is 11.5. The lowest BCUT2D eigenvalue weighted by atomic mass is 9.80. The molecule has 1 fully saturated rings. The summed E-state index contributed by atoms with van der Waals surface area (Å²) in [5.74, 6) is -0.438. The summed E-state index contributed by atoms with van der Waals surface area (Å²) in [7, 11) is -1.96. The molecule has 0 saturated heterocycles. The number of carbonyl (C=O) groups excluding carboxylic acids is 1. The van der Waals surface area contributed by atoms with Gasteiger partial charge in [-0.3, -0.25) is 0 Å². The van der Waals surface area contributed by atoms with Crippen LogP contribution in [0.2, 0.25) is 0 Å². The summed E-state index contributed by atoms with van der Waals surface area (Å²) in [5, 5.41) is -0.268. The largest absolute Gasteiger partial charge is 0.467 e. The van der Waals surface area contributed by atoms with Gasteiger partial charge in [0.15, 0.2) is 6.10 Å². The van der Waals surface area contributed by atoms with Gasteiger partial charge in [0, 0.05) is 18.7 Å². The van der Waals surface area contributed by atoms with E-state index in [2.05, 4.69) is 24.3 Å². The van der Waals surface area contributed by atoms with E-state index in [0.717, 1.165) is 70.2 Å². The monoisotopic (exact) mass is 527 g/mol. The SMILES string of the molecule is COC(=O)[C@@H](OC(C)(C)C)c1c(C)c2c(c(C)c1-c1ccc(C)cc1)CN(S(=O)(=O)C1CCCC1)CC2. The first-order valence-electron chi connectivity index (χ1n) is 13.3. The van der Waals surface area contributed by atoms with E-state index in [1.165, 1.54) is 7.11 Å². The Hall–Kier alpha value is -2.22. The molecule has 2 aromatic carbocycles. The fourth-order valence-corrected chi connectivity index (χ4v) is 7.93. The average molecular weight is 528 g/mol. The Balaban J connectivity index is 1.92. The molecule has 1 saturated carbocycles. The van der Waals surface area contributed by atoms with E-state index >= 15 is 0 Å². The highest BCUT2D eigenvalue weighted by Crippen LogP contribution is 2.43. The van der Waals surface area contributed by atoms with Gasteiger partial charge in [0.1, 0.15) is 0 Å². The maximum Gasteiger partial charge on any atom is 0.339 e. The smallest absolute Gasteiger partial charge is 0.339 e. The topological polar surface area (TPSA) is 72.9 Å². The van der Waals surface area contributed by atoms with Crippen LogP contribution in [0.4, 0.5) is 0 Å². The number of ether oxygens (including phenoxy) is 2. The summed E-state index contributed by atoms with van der Waals surface area (Å²) in [6, 6.07) is 8.24. The number of methoxy groups -OCH3 is 1. The fourth-order valence-electron chi connectivity index (χ4n) is 5.92. The van der Waals surface area contributed by atoms with E-state index in [0.29, 0.717) is 19.5 Å². The fraction of sp³-hybridized carbons (Fsp3) is 0.567. The van der Waals surface area contributed by atoms with Gasteiger partial charge in [0.05, 0.1) is 18.0 Å². The maximum absolute atomic E-state index is 13.5. The number of carbonyl (C=O) groups is 1. The number of rotatable bonds is 6. The van der Waals surface area contributed by atoms with Crippen LogP contribution in [-0.2, 0) is 37.3 Å². The lowest BCUT2D eigenvalue weighted by Crippen LogP contribution is -2.41. The maximum atomic E-state index is 13.5. The van der Waals surface area contributed by atoms with Crippen molar-refractivity contribution < 1.29 is 22.7 Å². The molecule has 202 valence electrons. The second-order valence-corrected chi connectivity index (χ2v) is 13.7. The molecule has 0 bridgehead atoms. The molecule has 0 N–H and O–H groups in total. The van der Waals surface area contributed by atoms with Crippen molar-refractivity contribution in [2.75, 3.05) is 13.7 Å². The first-order chi connectivity index (χ1) is 17.3. The molecule has 1 heterocycles. The van der Waals surface area contributed by atoms with E-state index in [4.69, 9.17) is 9.47 Å². The predicted molar refractivity (Wildman–Crippen MR) is 147 cm³/mol. The van der Waals surface area contributed by atoms with Crippen molar-refractivity contribution in [3.05, 3.63) is 57.6 Å². The summed E-state index contributed by atoms with van der Waals surface area (Å²) >= 11 is 0. The Bertz CT molecular complexity index is 1270. The summed E-state index contributed by atoms with van der Waals surface area (Å²) in [5.41, 5.74) is 7.42. The Morgan fingerprint density at radius 3 is 2.19 bits per heavy atom. The minimum absolute atomic E-state index is 0.268. The Labute approximate surface area is 222 Å². The van der Waals surface area contributed by atoms with Crippen LogP contribution in [-0.4, -0.2) is 43.2 Å². The molecule has 4 rings (SSSR count). The summed E-state index contributed by atoms with van der Waals surface area (Å²) in [6.45, 7) is 12.7. The van der Waals surface area contributed by atoms with Gasteiger partial charge in [-0.2, -0.15) is 4.31 Å². The standard InChI is InChI=1S/C30H41NO5S/c1-19-12-14-22(15-13-19)26-21(3)25-18-31(37(33,34)23-10-8-9-11-23)17-16-24(25)20(2)27(26)28(29(32)35-7)36-30(4,5)6/h12-15,23,28H,8-11,16-18H2,1-7H3/t28-/m0/s1. The number of hydrogen-bond acceptors (Lipinski definition) is 5. The number of hydrogen-bond donors (Lipinski definition) is 0. The van der Waals surface area contributed by atoms with Crippen molar-refractivity contribution >= 4 is 16.0 Å². The second kappa shape index (κ2) is 10.5. The van der Waals surface area contributed by atoms with Gasteiger partial charge in [-0.15, -0.1) is 0 Å². The molecule has 1 aliphatic carbocycles. The molecule has 0 unspecified atom stereocenters. The first-order valence-corrected chi connectivity index (χ1v) is 14.8. The van der Waals surface area contributed by atoms with Crippen LogP contribution in [0.15, 0.2) is 24.3 Å². The van der Waals surface area contributed by atoms with Crippen molar-refractivity contribution in [3.8, 4) is 11.1 Å². The van der Waals surface area contributed by atoms with Gasteiger partial charge < -0.3 is 9.47 Å². The zero-order valence-corrected chi connectivity index (χ0v) is 24.1. The summed E-state index contributed by atoms with van der Waals surface area (Å²) in [4.78, 5) is 13.2. The quantitative estimate of drug-likeness (QED) is 0.435. The molecule has 2 aliphatic rings. The van der Waals surface area contributed by atoms with E-state index < -0.39 is 27.7 Å². The Morgan fingerprint density at radius 2 is 1.62 bits per heavy atom. The summed E-state index contributed by atoms with van der Waals surface area (Å²) < 4.78 is 40.3. The van der Waals surface area contributed by atoms with Crippen LogP contribution >= 0.6 is 0 Å². The Kier molecular flexibility index (Phi) is 7.89. The van der Waals surface area contributed by atoms with E-state index in [1.807, 2.05) is 41.5 Å². The number of aryl methyl sites for hydroxylation is 1. The molecule has 1 aliphatic heterocycles. The zero-order chi connectivity index (χ0) is 27.1. The number of nitrogens with zero attached hydrogens (tertiary/aromatic N) is 1. The molecule has 0 radical (unpaired) electrons. The molecular formula is C30H41NO5S. The van der Waals surface area contributed by atoms with Crippen LogP contribution < -0.4 is 0 Å². The van der Waals surface area contributed by atoms with E-state index in [1.54, 1.807) is 4.31 Å². The predicted octanol–water partition coefficient (Wildman–Crippen LogP) is 5.94. The van der Waals surface area contributed by atoms with Crippen LogP contribution in [0, 0.1) is 20.8 Å². The van der Waals surface area contributed by atoms with Crippen LogP contribution in [0.5, 0.6) is 0 Å². The van der Waals surface area contributed by atoms with Crippen molar-refractivity contribution in [3.63, 3.8) is 0 Å². The van der Waals surface area contributed by atoms with Gasteiger partial charge in [-0.05, 0) is 94.2 Å². The van der Waals surface area contributed by atoms with E-state index in [9.17, 15) is 13.2 Å². The van der Waals surface area contributed by atoms with Crippen molar-refractivity contribution in [2.24, 2.45) is 0 Å². The molecule has 0 aromatic heterocycles. The number of sulfonamides is 1. The van der Waals surface area contributed by atoms with Crippen molar-refractivity contribution in [2.45, 2.75) is 97.1 Å².